The summed E-state index contributed by atoms with van der Waals surface area (Å²) in [6.45, 7) is 0.0774. The maximum atomic E-state index is 11.9. The quantitative estimate of drug-likeness (QED) is 0.731. The van der Waals surface area contributed by atoms with Crippen LogP contribution in [0, 0.1) is 0 Å². The number of hydrogen-bond acceptors (Lipinski definition) is 5. The molecule has 2 aromatic heterocycles. The number of nitrogens with zero attached hydrogens (tertiary/aromatic N) is 4. The molecule has 0 aliphatic carbocycles. The van der Waals surface area contributed by atoms with Gasteiger partial charge in [-0.05, 0) is 12.1 Å². The molecule has 0 saturated carbocycles. The molecule has 0 spiro atoms. The Balaban J connectivity index is 1.95. The monoisotopic (exact) mass is 229 g/mol. The molecule has 1 aliphatic rings. The lowest BCUT2D eigenvalue weighted by atomic mass is 10.2. The number of H-pyrrole nitrogens is 1. The molecule has 2 amide bonds. The molecule has 0 radical (unpaired) electrons. The van der Waals surface area contributed by atoms with Gasteiger partial charge in [0.25, 0.3) is 11.8 Å². The van der Waals surface area contributed by atoms with E-state index in [1.807, 2.05) is 0 Å². The van der Waals surface area contributed by atoms with Crippen LogP contribution >= 0.6 is 0 Å². The fourth-order valence-electron chi connectivity index (χ4n) is 1.71. The van der Waals surface area contributed by atoms with Crippen molar-refractivity contribution in [2.75, 3.05) is 0 Å². The third-order valence-corrected chi connectivity index (χ3v) is 2.50. The Labute approximate surface area is 95.5 Å². The summed E-state index contributed by atoms with van der Waals surface area (Å²) in [7, 11) is 0. The van der Waals surface area contributed by atoms with Gasteiger partial charge in [0.05, 0.1) is 12.1 Å². The van der Waals surface area contributed by atoms with Crippen LogP contribution in [0.2, 0.25) is 0 Å². The zero-order valence-corrected chi connectivity index (χ0v) is 8.62. The number of hydrogen-bond donors (Lipinski definition) is 1. The van der Waals surface area contributed by atoms with Gasteiger partial charge in [-0.3, -0.25) is 24.6 Å². The minimum atomic E-state index is -0.401. The van der Waals surface area contributed by atoms with Gasteiger partial charge in [0.2, 0.25) is 0 Å². The summed E-state index contributed by atoms with van der Waals surface area (Å²) in [5.74, 6) is -0.295. The van der Waals surface area contributed by atoms with Crippen molar-refractivity contribution in [3.8, 4) is 0 Å². The Morgan fingerprint density at radius 2 is 2.12 bits per heavy atom. The minimum Gasteiger partial charge on any atom is -0.268 e. The number of fused-ring (bicyclic) bond motifs is 1. The number of aromatic nitrogens is 4. The first-order chi connectivity index (χ1) is 8.27. The van der Waals surface area contributed by atoms with E-state index in [2.05, 4.69) is 20.2 Å². The van der Waals surface area contributed by atoms with E-state index in [0.717, 1.165) is 4.90 Å². The number of amides is 2. The van der Waals surface area contributed by atoms with E-state index in [9.17, 15) is 9.59 Å². The summed E-state index contributed by atoms with van der Waals surface area (Å²) in [5.41, 5.74) is 0.522. The van der Waals surface area contributed by atoms with E-state index < -0.39 is 5.91 Å². The highest BCUT2D eigenvalue weighted by atomic mass is 16.2. The van der Waals surface area contributed by atoms with E-state index >= 15 is 0 Å². The lowest BCUT2D eigenvalue weighted by Gasteiger charge is -2.10. The number of pyridine rings is 1. The number of rotatable bonds is 2. The van der Waals surface area contributed by atoms with Crippen LogP contribution < -0.4 is 0 Å². The highest BCUT2D eigenvalue weighted by Gasteiger charge is 2.36. The molecule has 2 aromatic rings. The summed E-state index contributed by atoms with van der Waals surface area (Å²) in [6, 6.07) is 3.21. The van der Waals surface area contributed by atoms with Crippen LogP contribution in [0.1, 0.15) is 26.7 Å². The first kappa shape index (κ1) is 9.64. The normalized spacial score (nSPS) is 14.2. The van der Waals surface area contributed by atoms with Gasteiger partial charge in [0.15, 0.2) is 0 Å². The average Bonchev–Trinajstić information content (AvgIpc) is 2.94. The number of nitrogens with one attached hydrogen (secondary N) is 1. The fourth-order valence-corrected chi connectivity index (χ4v) is 1.71. The molecule has 0 atom stereocenters. The van der Waals surface area contributed by atoms with Crippen molar-refractivity contribution >= 4 is 11.8 Å². The van der Waals surface area contributed by atoms with Gasteiger partial charge in [0, 0.05) is 6.20 Å². The van der Waals surface area contributed by atoms with Gasteiger partial charge in [0.1, 0.15) is 17.8 Å². The lowest BCUT2D eigenvalue weighted by Crippen LogP contribution is -2.29. The Kier molecular flexibility index (Phi) is 1.97. The summed E-state index contributed by atoms with van der Waals surface area (Å²) < 4.78 is 0. The topological polar surface area (TPSA) is 91.8 Å². The number of aromatic amines is 1. The van der Waals surface area contributed by atoms with Gasteiger partial charge in [-0.2, -0.15) is 5.10 Å². The molecule has 0 bridgehead atoms. The van der Waals surface area contributed by atoms with E-state index in [1.165, 1.54) is 12.5 Å². The maximum Gasteiger partial charge on any atom is 0.280 e. The van der Waals surface area contributed by atoms with E-state index in [0.29, 0.717) is 11.4 Å². The summed E-state index contributed by atoms with van der Waals surface area (Å²) in [5, 5.41) is 6.27. The predicted molar refractivity (Wildman–Crippen MR) is 54.8 cm³/mol. The van der Waals surface area contributed by atoms with Crippen molar-refractivity contribution in [1.82, 2.24) is 25.1 Å². The van der Waals surface area contributed by atoms with Gasteiger partial charge >= 0.3 is 0 Å². The summed E-state index contributed by atoms with van der Waals surface area (Å²) in [4.78, 5) is 32.7. The van der Waals surface area contributed by atoms with Crippen molar-refractivity contribution < 1.29 is 9.59 Å². The van der Waals surface area contributed by atoms with Crippen LogP contribution in [0.4, 0.5) is 0 Å². The van der Waals surface area contributed by atoms with Crippen LogP contribution in [0.3, 0.4) is 0 Å². The number of carbonyl (C=O) groups excluding carboxylic acids is 2. The Morgan fingerprint density at radius 1 is 1.24 bits per heavy atom. The van der Waals surface area contributed by atoms with Crippen LogP contribution in [0.5, 0.6) is 0 Å². The first-order valence-corrected chi connectivity index (χ1v) is 4.93. The Hall–Kier alpha value is -2.57. The highest BCUT2D eigenvalue weighted by Crippen LogP contribution is 2.21. The zero-order chi connectivity index (χ0) is 11.8. The largest absolute Gasteiger partial charge is 0.280 e. The lowest BCUT2D eigenvalue weighted by molar-refractivity contribution is 0.0636. The summed E-state index contributed by atoms with van der Waals surface area (Å²) >= 11 is 0. The second-order valence-corrected chi connectivity index (χ2v) is 3.53. The second kappa shape index (κ2) is 3.48. The molecule has 0 unspecified atom stereocenters. The van der Waals surface area contributed by atoms with Crippen LogP contribution in [0.25, 0.3) is 0 Å². The standard InChI is InChI=1S/C10H7N5O2/c16-9-6-2-1-3-11-8(6)10(17)15(9)4-7-12-5-13-14-7/h1-3,5H,4H2,(H,12,13,14). The molecule has 0 saturated heterocycles. The van der Waals surface area contributed by atoms with Crippen molar-refractivity contribution in [3.05, 3.63) is 41.7 Å². The molecule has 7 nitrogen and oxygen atoms in total. The molecule has 17 heavy (non-hydrogen) atoms. The van der Waals surface area contributed by atoms with Crippen LogP contribution in [0.15, 0.2) is 24.7 Å². The van der Waals surface area contributed by atoms with Gasteiger partial charge in [-0.15, -0.1) is 0 Å². The number of carbonyl (C=O) groups is 2. The van der Waals surface area contributed by atoms with E-state index in [-0.39, 0.29) is 18.1 Å². The summed E-state index contributed by atoms with van der Waals surface area (Å²) in [6.07, 6.45) is 2.81. The fraction of sp³-hybridized carbons (Fsp3) is 0.100. The van der Waals surface area contributed by atoms with Gasteiger partial charge < -0.3 is 0 Å². The average molecular weight is 229 g/mol. The minimum absolute atomic E-state index is 0.0774. The van der Waals surface area contributed by atoms with Crippen molar-refractivity contribution in [2.24, 2.45) is 0 Å². The first-order valence-electron chi connectivity index (χ1n) is 4.93. The molecular weight excluding hydrogens is 222 g/mol. The second-order valence-electron chi connectivity index (χ2n) is 3.53. The molecule has 1 aliphatic heterocycles. The predicted octanol–water partition coefficient (Wildman–Crippen LogP) is -0.00410. The van der Waals surface area contributed by atoms with E-state index in [1.54, 1.807) is 12.1 Å². The highest BCUT2D eigenvalue weighted by molar-refractivity contribution is 6.20. The molecule has 0 fully saturated rings. The van der Waals surface area contributed by atoms with Crippen molar-refractivity contribution in [2.45, 2.75) is 6.54 Å². The maximum absolute atomic E-state index is 11.9. The van der Waals surface area contributed by atoms with Crippen LogP contribution in [-0.4, -0.2) is 36.9 Å². The third kappa shape index (κ3) is 1.40. The molecule has 3 heterocycles. The van der Waals surface area contributed by atoms with Gasteiger partial charge in [-0.25, -0.2) is 4.98 Å². The molecular formula is C10H7N5O2. The smallest absolute Gasteiger partial charge is 0.268 e. The van der Waals surface area contributed by atoms with Gasteiger partial charge in [-0.1, -0.05) is 0 Å². The van der Waals surface area contributed by atoms with Crippen molar-refractivity contribution in [1.29, 1.82) is 0 Å². The zero-order valence-electron chi connectivity index (χ0n) is 8.62. The third-order valence-electron chi connectivity index (χ3n) is 2.50. The Morgan fingerprint density at radius 3 is 2.82 bits per heavy atom. The molecule has 1 N–H and O–H groups in total. The SMILES string of the molecule is O=C1c2cccnc2C(=O)N1Cc1ncn[nH]1. The molecule has 7 heteroatoms. The number of imide groups is 1. The molecule has 84 valence electrons. The Bertz CT molecular complexity index is 558. The van der Waals surface area contributed by atoms with Crippen LogP contribution in [-0.2, 0) is 6.54 Å². The molecule has 0 aromatic carbocycles. The van der Waals surface area contributed by atoms with Crippen molar-refractivity contribution in [3.63, 3.8) is 0 Å². The van der Waals surface area contributed by atoms with E-state index in [4.69, 9.17) is 0 Å². The molecule has 3 rings (SSSR count).